The number of benzene rings is 1. The Balaban J connectivity index is 2.65. The van der Waals surface area contributed by atoms with Crippen molar-refractivity contribution in [3.63, 3.8) is 0 Å². The Hall–Kier alpha value is -0.350. The van der Waals surface area contributed by atoms with E-state index in [1.165, 1.54) is 0 Å². The van der Waals surface area contributed by atoms with Gasteiger partial charge in [-0.25, -0.2) is 4.79 Å². The van der Waals surface area contributed by atoms with E-state index in [0.717, 1.165) is 21.8 Å². The first-order chi connectivity index (χ1) is 7.13. The highest BCUT2D eigenvalue weighted by molar-refractivity contribution is 9.11. The minimum absolute atomic E-state index is 0.273. The van der Waals surface area contributed by atoms with Crippen molar-refractivity contribution in [1.82, 2.24) is 0 Å². The van der Waals surface area contributed by atoms with Gasteiger partial charge in [-0.2, -0.15) is 0 Å². The summed E-state index contributed by atoms with van der Waals surface area (Å²) >= 11 is 6.65. The fraction of sp³-hybridized carbons (Fsp3) is 0.364. The van der Waals surface area contributed by atoms with E-state index < -0.39 is 0 Å². The van der Waals surface area contributed by atoms with Gasteiger partial charge in [0, 0.05) is 8.95 Å². The van der Waals surface area contributed by atoms with Crippen LogP contribution in [0, 0.1) is 0 Å². The van der Waals surface area contributed by atoms with Crippen LogP contribution in [0.2, 0.25) is 0 Å². The van der Waals surface area contributed by atoms with Crippen molar-refractivity contribution in [2.24, 2.45) is 0 Å². The van der Waals surface area contributed by atoms with Crippen LogP contribution in [0.25, 0.3) is 0 Å². The maximum absolute atomic E-state index is 11.6. The number of rotatable bonds is 4. The molecule has 4 heteroatoms. The molecule has 0 amide bonds. The summed E-state index contributed by atoms with van der Waals surface area (Å²) in [5.74, 6) is -0.273. The molecule has 0 aliphatic heterocycles. The second-order valence-electron chi connectivity index (χ2n) is 3.15. The topological polar surface area (TPSA) is 26.3 Å². The third-order valence-corrected chi connectivity index (χ3v) is 2.74. The van der Waals surface area contributed by atoms with E-state index in [1.54, 1.807) is 12.1 Å². The van der Waals surface area contributed by atoms with Crippen LogP contribution in [0.4, 0.5) is 0 Å². The first-order valence-electron chi connectivity index (χ1n) is 4.76. The Morgan fingerprint density at radius 2 is 1.87 bits per heavy atom. The number of carbonyl (C=O) groups excluding carboxylic acids is 1. The molecule has 0 spiro atoms. The van der Waals surface area contributed by atoms with Crippen LogP contribution in [0.15, 0.2) is 27.1 Å². The lowest BCUT2D eigenvalue weighted by molar-refractivity contribution is 0.0499. The zero-order chi connectivity index (χ0) is 11.3. The number of unbranched alkanes of at least 4 members (excludes halogenated alkanes) is 1. The zero-order valence-corrected chi connectivity index (χ0v) is 11.6. The van der Waals surface area contributed by atoms with E-state index in [1.807, 2.05) is 6.07 Å². The van der Waals surface area contributed by atoms with Gasteiger partial charge in [-0.15, -0.1) is 0 Å². The van der Waals surface area contributed by atoms with E-state index in [0.29, 0.717) is 12.2 Å². The van der Waals surface area contributed by atoms with Crippen LogP contribution < -0.4 is 0 Å². The minimum Gasteiger partial charge on any atom is -0.462 e. The van der Waals surface area contributed by atoms with Crippen molar-refractivity contribution in [2.45, 2.75) is 19.8 Å². The quantitative estimate of drug-likeness (QED) is 0.609. The number of esters is 1. The van der Waals surface area contributed by atoms with Crippen LogP contribution in [0.3, 0.4) is 0 Å². The Labute approximate surface area is 106 Å². The van der Waals surface area contributed by atoms with Gasteiger partial charge in [0.15, 0.2) is 0 Å². The molecule has 1 rings (SSSR count). The minimum atomic E-state index is -0.273. The number of hydrogen-bond acceptors (Lipinski definition) is 2. The van der Waals surface area contributed by atoms with Crippen molar-refractivity contribution in [2.75, 3.05) is 6.61 Å². The Morgan fingerprint density at radius 1 is 1.27 bits per heavy atom. The molecule has 2 nitrogen and oxygen atoms in total. The summed E-state index contributed by atoms with van der Waals surface area (Å²) in [5.41, 5.74) is 0.562. The molecule has 0 N–H and O–H groups in total. The second kappa shape index (κ2) is 6.28. The lowest BCUT2D eigenvalue weighted by Crippen LogP contribution is -2.06. The molecular formula is C11H12Br2O2. The van der Waals surface area contributed by atoms with Gasteiger partial charge in [0.05, 0.1) is 12.2 Å². The molecule has 0 bridgehead atoms. The predicted octanol–water partition coefficient (Wildman–Crippen LogP) is 4.17. The summed E-state index contributed by atoms with van der Waals surface area (Å²) in [6.07, 6.45) is 1.93. The molecule has 0 atom stereocenters. The van der Waals surface area contributed by atoms with Gasteiger partial charge in [-0.3, -0.25) is 0 Å². The monoisotopic (exact) mass is 334 g/mol. The summed E-state index contributed by atoms with van der Waals surface area (Å²) in [5, 5.41) is 0. The van der Waals surface area contributed by atoms with Crippen molar-refractivity contribution in [3.05, 3.63) is 32.7 Å². The summed E-state index contributed by atoms with van der Waals surface area (Å²) < 4.78 is 6.82. The van der Waals surface area contributed by atoms with E-state index in [2.05, 4.69) is 38.8 Å². The van der Waals surface area contributed by atoms with Crippen molar-refractivity contribution in [3.8, 4) is 0 Å². The molecule has 15 heavy (non-hydrogen) atoms. The standard InChI is InChI=1S/C11H12Br2O2/c1-2-3-4-15-11(14)8-5-9(12)7-10(13)6-8/h5-7H,2-4H2,1H3. The summed E-state index contributed by atoms with van der Waals surface area (Å²) in [6, 6.07) is 5.38. The second-order valence-corrected chi connectivity index (χ2v) is 4.98. The third kappa shape index (κ3) is 4.34. The highest BCUT2D eigenvalue weighted by atomic mass is 79.9. The normalized spacial score (nSPS) is 10.1. The van der Waals surface area contributed by atoms with Gasteiger partial charge in [0.25, 0.3) is 0 Å². The fourth-order valence-electron chi connectivity index (χ4n) is 1.06. The van der Waals surface area contributed by atoms with E-state index in [4.69, 9.17) is 4.74 Å². The van der Waals surface area contributed by atoms with E-state index in [-0.39, 0.29) is 5.97 Å². The summed E-state index contributed by atoms with van der Waals surface area (Å²) in [7, 11) is 0. The zero-order valence-electron chi connectivity index (χ0n) is 8.43. The number of carbonyl (C=O) groups is 1. The molecule has 82 valence electrons. The molecule has 0 heterocycles. The Kier molecular flexibility index (Phi) is 5.32. The maximum atomic E-state index is 11.6. The van der Waals surface area contributed by atoms with Crippen LogP contribution in [0.1, 0.15) is 30.1 Å². The van der Waals surface area contributed by atoms with Gasteiger partial charge in [-0.05, 0) is 24.6 Å². The average Bonchev–Trinajstić information content (AvgIpc) is 2.16. The molecule has 0 aliphatic rings. The number of ether oxygens (including phenoxy) is 1. The Morgan fingerprint density at radius 3 is 2.40 bits per heavy atom. The molecular weight excluding hydrogens is 324 g/mol. The van der Waals surface area contributed by atoms with Crippen molar-refractivity contribution < 1.29 is 9.53 Å². The molecule has 0 saturated heterocycles. The van der Waals surface area contributed by atoms with E-state index >= 15 is 0 Å². The number of halogens is 2. The van der Waals surface area contributed by atoms with Gasteiger partial charge in [0.2, 0.25) is 0 Å². The molecule has 1 aromatic carbocycles. The van der Waals surface area contributed by atoms with Gasteiger partial charge in [-0.1, -0.05) is 45.2 Å². The first-order valence-corrected chi connectivity index (χ1v) is 6.35. The first kappa shape index (κ1) is 12.7. The molecule has 0 fully saturated rings. The highest BCUT2D eigenvalue weighted by Gasteiger charge is 2.08. The Bertz CT molecular complexity index is 330. The predicted molar refractivity (Wildman–Crippen MR) is 67.0 cm³/mol. The average molecular weight is 336 g/mol. The molecule has 0 aromatic heterocycles. The highest BCUT2D eigenvalue weighted by Crippen LogP contribution is 2.20. The maximum Gasteiger partial charge on any atom is 0.338 e. The third-order valence-electron chi connectivity index (χ3n) is 1.83. The van der Waals surface area contributed by atoms with Crippen LogP contribution >= 0.6 is 31.9 Å². The lowest BCUT2D eigenvalue weighted by atomic mass is 10.2. The van der Waals surface area contributed by atoms with Crippen molar-refractivity contribution >= 4 is 37.8 Å². The van der Waals surface area contributed by atoms with Gasteiger partial charge >= 0.3 is 5.97 Å². The SMILES string of the molecule is CCCCOC(=O)c1cc(Br)cc(Br)c1. The van der Waals surface area contributed by atoms with Crippen LogP contribution in [-0.2, 0) is 4.74 Å². The van der Waals surface area contributed by atoms with Crippen molar-refractivity contribution in [1.29, 1.82) is 0 Å². The molecule has 0 aliphatic carbocycles. The number of hydrogen-bond donors (Lipinski definition) is 0. The molecule has 0 radical (unpaired) electrons. The molecule has 0 unspecified atom stereocenters. The lowest BCUT2D eigenvalue weighted by Gasteiger charge is -2.04. The van der Waals surface area contributed by atoms with E-state index in [9.17, 15) is 4.79 Å². The van der Waals surface area contributed by atoms with Gasteiger partial charge in [0.1, 0.15) is 0 Å². The van der Waals surface area contributed by atoms with Crippen LogP contribution in [-0.4, -0.2) is 12.6 Å². The summed E-state index contributed by atoms with van der Waals surface area (Å²) in [4.78, 5) is 11.6. The van der Waals surface area contributed by atoms with Crippen LogP contribution in [0.5, 0.6) is 0 Å². The van der Waals surface area contributed by atoms with Gasteiger partial charge < -0.3 is 4.74 Å². The molecule has 1 aromatic rings. The largest absolute Gasteiger partial charge is 0.462 e. The molecule has 0 saturated carbocycles. The summed E-state index contributed by atoms with van der Waals surface area (Å²) in [6.45, 7) is 2.54. The smallest absolute Gasteiger partial charge is 0.338 e. The fourth-order valence-corrected chi connectivity index (χ4v) is 2.36.